The van der Waals surface area contributed by atoms with Crippen LogP contribution in [0.25, 0.3) is 77.2 Å². The van der Waals surface area contributed by atoms with Gasteiger partial charge in [0.25, 0.3) is 0 Å². The summed E-state index contributed by atoms with van der Waals surface area (Å²) < 4.78 is 44.3. The van der Waals surface area contributed by atoms with E-state index in [0.717, 1.165) is 71.8 Å². The molecule has 2 heteroatoms. The van der Waals surface area contributed by atoms with E-state index in [4.69, 9.17) is 4.42 Å². The van der Waals surface area contributed by atoms with Gasteiger partial charge in [-0.2, -0.15) is 0 Å². The minimum Gasteiger partial charge on any atom is -0.455 e. The van der Waals surface area contributed by atoms with Crippen LogP contribution in [-0.4, -0.2) is 0 Å². The van der Waals surface area contributed by atoms with Crippen molar-refractivity contribution in [2.75, 3.05) is 4.90 Å². The Morgan fingerprint density at radius 1 is 0.389 bits per heavy atom. The quantitative estimate of drug-likeness (QED) is 0.165. The molecule has 0 aliphatic rings. The molecule has 0 saturated carbocycles. The number of furan rings is 1. The number of hydrogen-bond acceptors (Lipinski definition) is 2. The number of anilines is 3. The highest BCUT2D eigenvalue weighted by atomic mass is 16.3. The monoisotopic (exact) mass is 693 g/mol. The molecule has 1 aromatic heterocycles. The normalized spacial score (nSPS) is 12.4. The summed E-state index contributed by atoms with van der Waals surface area (Å²) in [7, 11) is 0. The first kappa shape index (κ1) is 27.5. The zero-order chi connectivity index (χ0) is 39.3. The van der Waals surface area contributed by atoms with Crippen molar-refractivity contribution >= 4 is 49.8 Å². The third-order valence-electron chi connectivity index (χ3n) is 10.1. The minimum absolute atomic E-state index is 0.102. The van der Waals surface area contributed by atoms with Gasteiger partial charge in [0.2, 0.25) is 0 Å². The Hall–Kier alpha value is -7.16. The number of para-hydroxylation sites is 1. The van der Waals surface area contributed by atoms with Crippen molar-refractivity contribution in [3.8, 4) is 44.5 Å². The standard InChI is InChI=1S/C52H35NO/c1-3-13-36(14-4-1)38-25-27-41(28-26-38)45-20-9-10-23-49(45)53(43-32-29-39(30-33-43)37-15-5-2-6-16-37)44-19-11-18-42(35-44)46-22-12-24-50-51(46)48-34-31-40-17-7-8-21-47(40)52(48)54-50/h1-35H/i29D,30D,32D,33D. The number of benzene rings is 9. The van der Waals surface area contributed by atoms with Crippen LogP contribution < -0.4 is 4.90 Å². The van der Waals surface area contributed by atoms with E-state index in [0.29, 0.717) is 11.3 Å². The zero-order valence-electron chi connectivity index (χ0n) is 33.3. The fourth-order valence-corrected chi connectivity index (χ4v) is 7.55. The van der Waals surface area contributed by atoms with E-state index < -0.39 is 0 Å². The predicted octanol–water partition coefficient (Wildman–Crippen LogP) is 14.9. The van der Waals surface area contributed by atoms with Crippen molar-refractivity contribution in [2.45, 2.75) is 0 Å². The van der Waals surface area contributed by atoms with E-state index in [1.165, 1.54) is 0 Å². The third kappa shape index (κ3) is 5.62. The van der Waals surface area contributed by atoms with Gasteiger partial charge in [0, 0.05) is 33.1 Å². The number of rotatable bonds is 7. The van der Waals surface area contributed by atoms with Gasteiger partial charge in [-0.3, -0.25) is 0 Å². The second-order valence-corrected chi connectivity index (χ2v) is 13.4. The first-order valence-electron chi connectivity index (χ1n) is 20.1. The van der Waals surface area contributed by atoms with Gasteiger partial charge < -0.3 is 9.32 Å². The lowest BCUT2D eigenvalue weighted by Gasteiger charge is -2.28. The maximum Gasteiger partial charge on any atom is 0.143 e. The summed E-state index contributed by atoms with van der Waals surface area (Å²) in [6.45, 7) is 0. The molecular weight excluding hydrogens is 655 g/mol. The van der Waals surface area contributed by atoms with Gasteiger partial charge in [0.1, 0.15) is 11.2 Å². The largest absolute Gasteiger partial charge is 0.455 e. The van der Waals surface area contributed by atoms with Crippen LogP contribution in [0.15, 0.2) is 217 Å². The Bertz CT molecular complexity index is 3130. The van der Waals surface area contributed by atoms with Gasteiger partial charge in [0.05, 0.1) is 11.2 Å². The number of nitrogens with zero attached hydrogens (tertiary/aromatic N) is 1. The van der Waals surface area contributed by atoms with Crippen LogP contribution >= 0.6 is 0 Å². The van der Waals surface area contributed by atoms with E-state index in [9.17, 15) is 5.48 Å². The van der Waals surface area contributed by atoms with Crippen molar-refractivity contribution in [2.24, 2.45) is 0 Å². The number of hydrogen-bond donors (Lipinski definition) is 0. The molecule has 254 valence electrons. The first-order valence-corrected chi connectivity index (χ1v) is 18.1. The van der Waals surface area contributed by atoms with Crippen LogP contribution in [0.2, 0.25) is 0 Å². The van der Waals surface area contributed by atoms with Gasteiger partial charge in [0.15, 0.2) is 0 Å². The smallest absolute Gasteiger partial charge is 0.143 e. The molecule has 0 fully saturated rings. The lowest BCUT2D eigenvalue weighted by molar-refractivity contribution is 0.673. The molecular formula is C52H35NO. The minimum atomic E-state index is -0.130. The van der Waals surface area contributed by atoms with Gasteiger partial charge in [-0.25, -0.2) is 0 Å². The van der Waals surface area contributed by atoms with Crippen LogP contribution in [0.3, 0.4) is 0 Å². The van der Waals surface area contributed by atoms with Crippen LogP contribution in [0.1, 0.15) is 5.48 Å². The molecule has 1 heterocycles. The Kier molecular flexibility index (Phi) is 6.84. The first-order chi connectivity index (χ1) is 28.5. The lowest BCUT2D eigenvalue weighted by Crippen LogP contribution is -2.11. The van der Waals surface area contributed by atoms with Gasteiger partial charge in [-0.15, -0.1) is 0 Å². The zero-order valence-corrected chi connectivity index (χ0v) is 29.3. The molecule has 2 nitrogen and oxygen atoms in total. The molecule has 0 aliphatic carbocycles. The summed E-state index contributed by atoms with van der Waals surface area (Å²) in [5.41, 5.74) is 10.1. The molecule has 0 aliphatic heterocycles. The molecule has 0 spiro atoms. The molecule has 0 unspecified atom stereocenters. The second kappa shape index (κ2) is 13.4. The van der Waals surface area contributed by atoms with E-state index >= 15 is 0 Å². The Labute approximate surface area is 320 Å². The Morgan fingerprint density at radius 2 is 1.00 bits per heavy atom. The van der Waals surface area contributed by atoms with Crippen LogP contribution in [0, 0.1) is 0 Å². The molecule has 10 rings (SSSR count). The van der Waals surface area contributed by atoms with Gasteiger partial charge in [-0.05, 0) is 86.7 Å². The number of fused-ring (bicyclic) bond motifs is 5. The van der Waals surface area contributed by atoms with Crippen molar-refractivity contribution in [1.29, 1.82) is 0 Å². The summed E-state index contributed by atoms with van der Waals surface area (Å²) in [5.74, 6) is 0. The highest BCUT2D eigenvalue weighted by Gasteiger charge is 2.20. The van der Waals surface area contributed by atoms with Crippen LogP contribution in [0.4, 0.5) is 17.1 Å². The molecule has 9 aromatic carbocycles. The van der Waals surface area contributed by atoms with E-state index in [-0.39, 0.29) is 35.4 Å². The van der Waals surface area contributed by atoms with Crippen molar-refractivity contribution in [3.05, 3.63) is 212 Å². The summed E-state index contributed by atoms with van der Waals surface area (Å²) in [5, 5.41) is 4.19. The summed E-state index contributed by atoms with van der Waals surface area (Å²) in [6, 6.07) is 62.1. The molecule has 10 aromatic rings. The van der Waals surface area contributed by atoms with E-state index in [1.807, 2.05) is 114 Å². The summed E-state index contributed by atoms with van der Waals surface area (Å²) in [6.07, 6.45) is 0. The molecule has 54 heavy (non-hydrogen) atoms. The van der Waals surface area contributed by atoms with Crippen molar-refractivity contribution < 1.29 is 9.90 Å². The van der Waals surface area contributed by atoms with E-state index in [2.05, 4.69) is 78.9 Å². The van der Waals surface area contributed by atoms with Crippen LogP contribution in [-0.2, 0) is 0 Å². The fraction of sp³-hybridized carbons (Fsp3) is 0. The van der Waals surface area contributed by atoms with Crippen LogP contribution in [0.5, 0.6) is 0 Å². The predicted molar refractivity (Wildman–Crippen MR) is 228 cm³/mol. The molecule has 0 saturated heterocycles. The molecule has 0 atom stereocenters. The summed E-state index contributed by atoms with van der Waals surface area (Å²) in [4.78, 5) is 1.89. The maximum absolute atomic E-state index is 9.57. The highest BCUT2D eigenvalue weighted by molar-refractivity contribution is 6.19. The topological polar surface area (TPSA) is 16.4 Å². The molecule has 0 N–H and O–H groups in total. The van der Waals surface area contributed by atoms with Crippen molar-refractivity contribution in [3.63, 3.8) is 0 Å². The molecule has 0 bridgehead atoms. The molecule has 0 radical (unpaired) electrons. The summed E-state index contributed by atoms with van der Waals surface area (Å²) >= 11 is 0. The third-order valence-corrected chi connectivity index (χ3v) is 10.1. The Morgan fingerprint density at radius 3 is 1.80 bits per heavy atom. The maximum atomic E-state index is 9.57. The highest BCUT2D eigenvalue weighted by Crippen LogP contribution is 2.44. The van der Waals surface area contributed by atoms with Gasteiger partial charge in [-0.1, -0.05) is 170 Å². The molecule has 0 amide bonds. The Balaban J connectivity index is 1.19. The van der Waals surface area contributed by atoms with Crippen molar-refractivity contribution in [1.82, 2.24) is 0 Å². The lowest BCUT2D eigenvalue weighted by atomic mass is 9.96. The van der Waals surface area contributed by atoms with E-state index in [1.54, 1.807) is 0 Å². The average Bonchev–Trinajstić information content (AvgIpc) is 3.68. The SMILES string of the molecule is [2H]c1c([2H])c(N(c2cccc(-c3cccc4oc5c6ccccc6ccc5c34)c2)c2ccccc2-c2ccc(-c3ccccc3)cc2)c([2H])c([2H])c1-c1ccccc1. The second-order valence-electron chi connectivity index (χ2n) is 13.4. The van der Waals surface area contributed by atoms with Gasteiger partial charge >= 0.3 is 0 Å². The fourth-order valence-electron chi connectivity index (χ4n) is 7.55. The average molecular weight is 694 g/mol.